The fourth-order valence-electron chi connectivity index (χ4n) is 10.5. The van der Waals surface area contributed by atoms with Crippen LogP contribution in [0.4, 0.5) is 0 Å². The van der Waals surface area contributed by atoms with Gasteiger partial charge in [-0.3, -0.25) is 0 Å². The molecule has 0 saturated carbocycles. The Labute approximate surface area is 372 Å². The average Bonchev–Trinajstić information content (AvgIpc) is 3.38. The first-order valence-electron chi connectivity index (χ1n) is 21.9. The molecule has 5 heteroatoms. The van der Waals surface area contributed by atoms with Gasteiger partial charge in [0.2, 0.25) is 0 Å². The summed E-state index contributed by atoms with van der Waals surface area (Å²) in [5, 5.41) is 0. The number of hydrogen-bond donors (Lipinski definition) is 0. The van der Waals surface area contributed by atoms with E-state index < -0.39 is 10.8 Å². The molecule has 1 aliphatic carbocycles. The minimum absolute atomic E-state index is 0.109. The van der Waals surface area contributed by atoms with Crippen molar-refractivity contribution in [1.82, 2.24) is 15.0 Å². The average molecular weight is 824 g/mol. The van der Waals surface area contributed by atoms with E-state index in [1.54, 1.807) is 0 Å². The second kappa shape index (κ2) is 15.3. The zero-order valence-corrected chi connectivity index (χ0v) is 34.9. The van der Waals surface area contributed by atoms with Crippen molar-refractivity contribution in [2.24, 2.45) is 5.92 Å². The molecule has 0 N–H and O–H groups in total. The molecule has 2 aliphatic heterocycles. The van der Waals surface area contributed by atoms with E-state index in [2.05, 4.69) is 194 Å². The highest BCUT2D eigenvalue weighted by Gasteiger charge is 2.50. The Bertz CT molecular complexity index is 3220. The molecule has 0 amide bonds. The fourth-order valence-corrected chi connectivity index (χ4v) is 10.5. The Morgan fingerprint density at radius 1 is 0.391 bits per heavy atom. The van der Waals surface area contributed by atoms with Crippen LogP contribution in [0.3, 0.4) is 0 Å². The molecule has 0 saturated heterocycles. The molecule has 304 valence electrons. The smallest absolute Gasteiger partial charge is 0.167 e. The molecule has 64 heavy (non-hydrogen) atoms. The monoisotopic (exact) mass is 823 g/mol. The van der Waals surface area contributed by atoms with Crippen molar-refractivity contribution in [2.75, 3.05) is 0 Å². The van der Waals surface area contributed by atoms with Crippen LogP contribution < -0.4 is 9.47 Å². The quantitative estimate of drug-likeness (QED) is 0.160. The SMILES string of the molecule is C1=CCC(C2(c3ccccc3)c3ccccc3Oc3c(-c4nc(-c5ccccc5)nc(-c5cccc6c5Oc5ccccc5C6(c5ccccc5)c5ccccc5)n4)cccc32)C=C1. The molecule has 0 bridgehead atoms. The third kappa shape index (κ3) is 5.74. The van der Waals surface area contributed by atoms with E-state index in [1.165, 1.54) is 5.56 Å². The van der Waals surface area contributed by atoms with Crippen LogP contribution in [0.5, 0.6) is 23.0 Å². The number of nitrogens with zero attached hydrogens (tertiary/aromatic N) is 3. The van der Waals surface area contributed by atoms with Crippen molar-refractivity contribution < 1.29 is 9.47 Å². The fraction of sp³-hybridized carbons (Fsp3) is 0.0678. The summed E-state index contributed by atoms with van der Waals surface area (Å²) in [6, 6.07) is 72.1. The van der Waals surface area contributed by atoms with Crippen molar-refractivity contribution in [3.63, 3.8) is 0 Å². The molecule has 0 fully saturated rings. The number of ether oxygens (including phenoxy) is 2. The van der Waals surface area contributed by atoms with Crippen LogP contribution in [0.25, 0.3) is 34.2 Å². The van der Waals surface area contributed by atoms with Crippen LogP contribution in [0, 0.1) is 5.92 Å². The zero-order chi connectivity index (χ0) is 42.5. The molecule has 2 unspecified atom stereocenters. The van der Waals surface area contributed by atoms with Gasteiger partial charge in [0.05, 0.1) is 22.0 Å². The second-order valence-corrected chi connectivity index (χ2v) is 16.5. The molecule has 0 radical (unpaired) electrons. The third-order valence-electron chi connectivity index (χ3n) is 13.2. The summed E-state index contributed by atoms with van der Waals surface area (Å²) in [4.78, 5) is 16.0. The van der Waals surface area contributed by atoms with Crippen LogP contribution in [0.15, 0.2) is 231 Å². The Morgan fingerprint density at radius 3 is 1.45 bits per heavy atom. The van der Waals surface area contributed by atoms with Gasteiger partial charge in [-0.25, -0.2) is 15.0 Å². The van der Waals surface area contributed by atoms with E-state index >= 15 is 0 Å². The van der Waals surface area contributed by atoms with Crippen LogP contribution in [0.2, 0.25) is 0 Å². The van der Waals surface area contributed by atoms with Crippen LogP contribution in [-0.2, 0) is 10.8 Å². The number of aromatic nitrogens is 3. The normalized spacial score (nSPS) is 17.5. The summed E-state index contributed by atoms with van der Waals surface area (Å²) >= 11 is 0. The van der Waals surface area contributed by atoms with E-state index in [0.29, 0.717) is 23.2 Å². The molecule has 8 aromatic carbocycles. The standard InChI is InChI=1S/C59H41N3O2/c1-6-22-40(23-7-1)55-60-56(45-32-20-36-49-53(45)63-51-38-18-16-34-47(51)58(49,41-24-8-2-9-25-41)42-26-10-3-11-27-42)62-57(61-55)46-33-21-37-50-54(46)64-52-39-19-17-35-48(52)59(50,43-28-12-4-13-29-43)44-30-14-5-15-31-44/h1-30,32-39,44H,31H2. The summed E-state index contributed by atoms with van der Waals surface area (Å²) in [6.07, 6.45) is 9.81. The summed E-state index contributed by atoms with van der Waals surface area (Å²) in [6.45, 7) is 0. The number of para-hydroxylation sites is 4. The van der Waals surface area contributed by atoms with E-state index in [4.69, 9.17) is 24.4 Å². The highest BCUT2D eigenvalue weighted by molar-refractivity contribution is 5.80. The maximum Gasteiger partial charge on any atom is 0.167 e. The summed E-state index contributed by atoms with van der Waals surface area (Å²) < 4.78 is 14.2. The van der Waals surface area contributed by atoms with Gasteiger partial charge in [-0.1, -0.05) is 206 Å². The lowest BCUT2D eigenvalue weighted by molar-refractivity contribution is 0.368. The topological polar surface area (TPSA) is 57.1 Å². The summed E-state index contributed by atoms with van der Waals surface area (Å²) in [5.74, 6) is 4.69. The number of benzene rings is 8. The first-order valence-corrected chi connectivity index (χ1v) is 21.9. The highest BCUT2D eigenvalue weighted by atomic mass is 16.5. The first kappa shape index (κ1) is 37.6. The number of hydrogen-bond acceptors (Lipinski definition) is 5. The molecule has 12 rings (SSSR count). The van der Waals surface area contributed by atoms with Gasteiger partial charge in [-0.15, -0.1) is 0 Å². The second-order valence-electron chi connectivity index (χ2n) is 16.5. The van der Waals surface area contributed by atoms with Crippen molar-refractivity contribution >= 4 is 0 Å². The summed E-state index contributed by atoms with van der Waals surface area (Å²) in [5.41, 5.74) is 8.87. The van der Waals surface area contributed by atoms with E-state index in [-0.39, 0.29) is 5.92 Å². The van der Waals surface area contributed by atoms with Gasteiger partial charge in [0, 0.05) is 27.8 Å². The molecule has 5 nitrogen and oxygen atoms in total. The van der Waals surface area contributed by atoms with Gasteiger partial charge >= 0.3 is 0 Å². The first-order chi connectivity index (χ1) is 31.7. The van der Waals surface area contributed by atoms with Gasteiger partial charge < -0.3 is 9.47 Å². The molecule has 2 atom stereocenters. The maximum atomic E-state index is 7.11. The molecule has 3 aliphatic rings. The maximum absolute atomic E-state index is 7.11. The Kier molecular flexibility index (Phi) is 9.01. The van der Waals surface area contributed by atoms with Crippen molar-refractivity contribution in [3.05, 3.63) is 270 Å². The predicted molar refractivity (Wildman–Crippen MR) is 254 cm³/mol. The van der Waals surface area contributed by atoms with Gasteiger partial charge in [-0.2, -0.15) is 0 Å². The van der Waals surface area contributed by atoms with Crippen LogP contribution in [-0.4, -0.2) is 15.0 Å². The van der Waals surface area contributed by atoms with Gasteiger partial charge in [0.1, 0.15) is 23.0 Å². The minimum atomic E-state index is -0.704. The van der Waals surface area contributed by atoms with Crippen molar-refractivity contribution in [2.45, 2.75) is 17.3 Å². The molecule has 3 heterocycles. The van der Waals surface area contributed by atoms with Crippen molar-refractivity contribution in [3.8, 4) is 57.2 Å². The molecule has 1 aromatic heterocycles. The summed E-state index contributed by atoms with van der Waals surface area (Å²) in [7, 11) is 0. The Balaban J connectivity index is 1.12. The Hall–Kier alpha value is -8.15. The lowest BCUT2D eigenvalue weighted by Crippen LogP contribution is -2.40. The number of fused-ring (bicyclic) bond motifs is 4. The van der Waals surface area contributed by atoms with Crippen molar-refractivity contribution in [1.29, 1.82) is 0 Å². The van der Waals surface area contributed by atoms with E-state index in [1.807, 2.05) is 36.4 Å². The molecule has 9 aromatic rings. The van der Waals surface area contributed by atoms with E-state index in [9.17, 15) is 0 Å². The molecular formula is C59H41N3O2. The van der Waals surface area contributed by atoms with Gasteiger partial charge in [0.15, 0.2) is 17.5 Å². The minimum Gasteiger partial charge on any atom is -0.456 e. The highest BCUT2D eigenvalue weighted by Crippen LogP contribution is 2.60. The lowest BCUT2D eigenvalue weighted by atomic mass is 9.59. The molecule has 0 spiro atoms. The van der Waals surface area contributed by atoms with E-state index in [0.717, 1.165) is 73.7 Å². The predicted octanol–water partition coefficient (Wildman–Crippen LogP) is 13.9. The van der Waals surface area contributed by atoms with Gasteiger partial charge in [0.25, 0.3) is 0 Å². The third-order valence-corrected chi connectivity index (χ3v) is 13.2. The van der Waals surface area contributed by atoms with Crippen LogP contribution >= 0.6 is 0 Å². The zero-order valence-electron chi connectivity index (χ0n) is 34.9. The molecular weight excluding hydrogens is 783 g/mol. The van der Waals surface area contributed by atoms with Gasteiger partial charge in [-0.05, 0) is 53.3 Å². The van der Waals surface area contributed by atoms with Crippen LogP contribution in [0.1, 0.15) is 45.4 Å². The lowest BCUT2D eigenvalue weighted by Gasteiger charge is -2.46. The Morgan fingerprint density at radius 2 is 0.859 bits per heavy atom. The number of allylic oxidation sites excluding steroid dienone is 4. The number of rotatable bonds is 7. The largest absolute Gasteiger partial charge is 0.456 e.